The summed E-state index contributed by atoms with van der Waals surface area (Å²) in [5.74, 6) is 1.83. The van der Waals surface area contributed by atoms with Crippen molar-refractivity contribution in [2.45, 2.75) is 26.7 Å². The monoisotopic (exact) mass is 388 g/mol. The number of anilines is 4. The van der Waals surface area contributed by atoms with Crippen LogP contribution in [0.1, 0.15) is 30.9 Å². The van der Waals surface area contributed by atoms with Crippen LogP contribution in [-0.2, 0) is 0 Å². The van der Waals surface area contributed by atoms with Gasteiger partial charge in [0.15, 0.2) is 5.82 Å². The lowest BCUT2D eigenvalue weighted by molar-refractivity contribution is 0.644. The second kappa shape index (κ2) is 8.47. The molecule has 0 unspecified atom stereocenters. The van der Waals surface area contributed by atoms with Gasteiger partial charge in [-0.3, -0.25) is 0 Å². The molecule has 1 aliphatic rings. The molecule has 6 heteroatoms. The van der Waals surface area contributed by atoms with E-state index >= 15 is 0 Å². The van der Waals surface area contributed by atoms with Gasteiger partial charge in [0.25, 0.3) is 0 Å². The van der Waals surface area contributed by atoms with Crippen molar-refractivity contribution in [3.8, 4) is 0 Å². The first kappa shape index (κ1) is 19.2. The number of hydrogen-bond donors (Lipinski definition) is 1. The number of para-hydroxylation sites is 1. The van der Waals surface area contributed by atoms with Crippen molar-refractivity contribution < 1.29 is 0 Å². The third-order valence-corrected chi connectivity index (χ3v) is 5.35. The molecule has 0 spiro atoms. The fourth-order valence-corrected chi connectivity index (χ4v) is 3.75. The van der Waals surface area contributed by atoms with Gasteiger partial charge in [-0.2, -0.15) is 10.1 Å². The third kappa shape index (κ3) is 4.47. The Labute approximate surface area is 172 Å². The Bertz CT molecular complexity index is 963. The number of nitrogens with one attached hydrogen (secondary N) is 1. The predicted octanol–water partition coefficient (Wildman–Crippen LogP) is 4.37. The van der Waals surface area contributed by atoms with Crippen LogP contribution in [0.3, 0.4) is 0 Å². The molecule has 0 aliphatic carbocycles. The Hall–Kier alpha value is -3.15. The maximum Gasteiger partial charge on any atom is 0.249 e. The molecule has 3 aromatic rings. The number of benzene rings is 2. The van der Waals surface area contributed by atoms with Gasteiger partial charge in [0.1, 0.15) is 0 Å². The minimum Gasteiger partial charge on any atom is -0.368 e. The van der Waals surface area contributed by atoms with Gasteiger partial charge in [-0.15, -0.1) is 5.10 Å². The fourth-order valence-electron chi connectivity index (χ4n) is 3.75. The van der Waals surface area contributed by atoms with E-state index in [1.54, 1.807) is 6.20 Å². The molecule has 1 aromatic heterocycles. The normalized spacial score (nSPS) is 14.3. The summed E-state index contributed by atoms with van der Waals surface area (Å²) in [7, 11) is 0. The highest BCUT2D eigenvalue weighted by atomic mass is 15.3. The van der Waals surface area contributed by atoms with E-state index in [4.69, 9.17) is 4.98 Å². The zero-order valence-electron chi connectivity index (χ0n) is 17.3. The first-order chi connectivity index (χ1) is 14.1. The minimum atomic E-state index is 0.421. The van der Waals surface area contributed by atoms with E-state index in [0.29, 0.717) is 11.9 Å². The second-order valence-electron chi connectivity index (χ2n) is 7.82. The van der Waals surface area contributed by atoms with Gasteiger partial charge in [-0.25, -0.2) is 0 Å². The van der Waals surface area contributed by atoms with Gasteiger partial charge in [0.2, 0.25) is 5.95 Å². The molecule has 1 N–H and O–H groups in total. The van der Waals surface area contributed by atoms with Gasteiger partial charge in [0.05, 0.1) is 6.20 Å². The summed E-state index contributed by atoms with van der Waals surface area (Å²) in [6.45, 7) is 10.3. The summed E-state index contributed by atoms with van der Waals surface area (Å²) < 4.78 is 0. The summed E-state index contributed by atoms with van der Waals surface area (Å²) in [5.41, 5.74) is 4.86. The molecule has 0 amide bonds. The zero-order chi connectivity index (χ0) is 20.2. The van der Waals surface area contributed by atoms with Crippen molar-refractivity contribution in [3.63, 3.8) is 0 Å². The van der Waals surface area contributed by atoms with Gasteiger partial charge >= 0.3 is 0 Å². The van der Waals surface area contributed by atoms with Crippen LogP contribution in [-0.4, -0.2) is 41.4 Å². The molecular weight excluding hydrogens is 360 g/mol. The molecule has 4 rings (SSSR count). The standard InChI is InChI=1S/C23H28N6/c1-17(2)20-9-4-5-10-21(20)25-23-26-22(16-24-27-23)29-13-11-28(12-14-29)19-8-6-7-18(3)15-19/h4-10,15-17H,11-14H2,1-3H3,(H,25,26,27). The molecule has 0 bridgehead atoms. The van der Waals surface area contributed by atoms with Gasteiger partial charge in [0, 0.05) is 37.6 Å². The Morgan fingerprint density at radius 2 is 1.69 bits per heavy atom. The molecule has 29 heavy (non-hydrogen) atoms. The first-order valence-corrected chi connectivity index (χ1v) is 10.2. The van der Waals surface area contributed by atoms with Crippen molar-refractivity contribution in [3.05, 3.63) is 65.9 Å². The number of aromatic nitrogens is 3. The lowest BCUT2D eigenvalue weighted by Gasteiger charge is -2.36. The molecule has 150 valence electrons. The van der Waals surface area contributed by atoms with Crippen LogP contribution in [0, 0.1) is 6.92 Å². The number of hydrogen-bond acceptors (Lipinski definition) is 6. The number of piperazine rings is 1. The van der Waals surface area contributed by atoms with Crippen LogP contribution >= 0.6 is 0 Å². The van der Waals surface area contributed by atoms with Crippen LogP contribution < -0.4 is 15.1 Å². The van der Waals surface area contributed by atoms with Crippen molar-refractivity contribution in [1.82, 2.24) is 15.2 Å². The van der Waals surface area contributed by atoms with E-state index in [1.165, 1.54) is 16.8 Å². The Morgan fingerprint density at radius 3 is 2.45 bits per heavy atom. The molecule has 0 radical (unpaired) electrons. The number of nitrogens with zero attached hydrogens (tertiary/aromatic N) is 5. The van der Waals surface area contributed by atoms with Crippen LogP contribution in [0.4, 0.5) is 23.1 Å². The van der Waals surface area contributed by atoms with Gasteiger partial charge in [-0.05, 0) is 42.2 Å². The highest BCUT2D eigenvalue weighted by Crippen LogP contribution is 2.26. The molecule has 2 heterocycles. The summed E-state index contributed by atoms with van der Waals surface area (Å²) in [6, 6.07) is 17.0. The maximum atomic E-state index is 4.73. The summed E-state index contributed by atoms with van der Waals surface area (Å²) in [4.78, 5) is 9.43. The molecular formula is C23H28N6. The van der Waals surface area contributed by atoms with Gasteiger partial charge < -0.3 is 15.1 Å². The van der Waals surface area contributed by atoms with Crippen LogP contribution in [0.15, 0.2) is 54.7 Å². The first-order valence-electron chi connectivity index (χ1n) is 10.2. The van der Waals surface area contributed by atoms with E-state index in [1.807, 2.05) is 6.07 Å². The Morgan fingerprint density at radius 1 is 0.931 bits per heavy atom. The molecule has 1 aliphatic heterocycles. The average Bonchev–Trinajstić information content (AvgIpc) is 2.74. The summed E-state index contributed by atoms with van der Waals surface area (Å²) in [5, 5.41) is 11.7. The highest BCUT2D eigenvalue weighted by molar-refractivity contribution is 5.60. The minimum absolute atomic E-state index is 0.421. The van der Waals surface area contributed by atoms with E-state index in [9.17, 15) is 0 Å². The van der Waals surface area contributed by atoms with Crippen molar-refractivity contribution >= 4 is 23.1 Å². The molecule has 0 atom stereocenters. The zero-order valence-corrected chi connectivity index (χ0v) is 17.3. The molecule has 1 fully saturated rings. The third-order valence-electron chi connectivity index (χ3n) is 5.35. The topological polar surface area (TPSA) is 57.2 Å². The molecule has 6 nitrogen and oxygen atoms in total. The highest BCUT2D eigenvalue weighted by Gasteiger charge is 2.19. The lowest BCUT2D eigenvalue weighted by Crippen LogP contribution is -2.47. The predicted molar refractivity (Wildman–Crippen MR) is 119 cm³/mol. The second-order valence-corrected chi connectivity index (χ2v) is 7.82. The number of aryl methyl sites for hydroxylation is 1. The van der Waals surface area contributed by atoms with Crippen molar-refractivity contribution in [2.24, 2.45) is 0 Å². The van der Waals surface area contributed by atoms with E-state index < -0.39 is 0 Å². The molecule has 0 saturated carbocycles. The Balaban J connectivity index is 1.45. The molecule has 2 aromatic carbocycles. The fraction of sp³-hybridized carbons (Fsp3) is 0.348. The maximum absolute atomic E-state index is 4.73. The van der Waals surface area contributed by atoms with Gasteiger partial charge in [-0.1, -0.05) is 44.2 Å². The Kier molecular flexibility index (Phi) is 5.60. The average molecular weight is 389 g/mol. The van der Waals surface area contributed by atoms with Crippen LogP contribution in [0.2, 0.25) is 0 Å². The lowest BCUT2D eigenvalue weighted by atomic mass is 10.0. The molecule has 1 saturated heterocycles. The largest absolute Gasteiger partial charge is 0.368 e. The van der Waals surface area contributed by atoms with Crippen molar-refractivity contribution in [2.75, 3.05) is 41.3 Å². The van der Waals surface area contributed by atoms with E-state index in [-0.39, 0.29) is 0 Å². The number of rotatable bonds is 5. The van der Waals surface area contributed by atoms with Crippen LogP contribution in [0.25, 0.3) is 0 Å². The quantitative estimate of drug-likeness (QED) is 0.700. The smallest absolute Gasteiger partial charge is 0.249 e. The van der Waals surface area contributed by atoms with E-state index in [0.717, 1.165) is 37.7 Å². The summed E-state index contributed by atoms with van der Waals surface area (Å²) in [6.07, 6.45) is 1.75. The SMILES string of the molecule is Cc1cccc(N2CCN(c3cnnc(Nc4ccccc4C(C)C)n3)CC2)c1. The van der Waals surface area contributed by atoms with Crippen molar-refractivity contribution in [1.29, 1.82) is 0 Å². The van der Waals surface area contributed by atoms with E-state index in [2.05, 4.69) is 88.5 Å². The van der Waals surface area contributed by atoms with Crippen LogP contribution in [0.5, 0.6) is 0 Å². The summed E-state index contributed by atoms with van der Waals surface area (Å²) >= 11 is 0.